The number of hydrogen-bond donors (Lipinski definition) is 2. The van der Waals surface area contributed by atoms with E-state index in [0.29, 0.717) is 29.3 Å². The highest BCUT2D eigenvalue weighted by Gasteiger charge is 2.25. The number of carbonyl (C=O) groups excluding carboxylic acids is 1. The van der Waals surface area contributed by atoms with E-state index in [1.165, 1.54) is 6.33 Å². The van der Waals surface area contributed by atoms with Crippen molar-refractivity contribution in [3.63, 3.8) is 0 Å². The van der Waals surface area contributed by atoms with Gasteiger partial charge in [-0.15, -0.1) is 0 Å². The number of nitrogens with two attached hydrogens (primary N) is 1. The number of anilines is 1. The lowest BCUT2D eigenvalue weighted by atomic mass is 10.0. The number of primary amides is 1. The third-order valence-electron chi connectivity index (χ3n) is 5.05. The lowest BCUT2D eigenvalue weighted by molar-refractivity contribution is 0.100. The summed E-state index contributed by atoms with van der Waals surface area (Å²) in [5.41, 5.74) is 5.99. The molecule has 3 N–H and O–H groups in total. The van der Waals surface area contributed by atoms with Crippen molar-refractivity contribution < 1.29 is 18.0 Å². The van der Waals surface area contributed by atoms with Gasteiger partial charge >= 0.3 is 0 Å². The highest BCUT2D eigenvalue weighted by Crippen LogP contribution is 2.29. The number of hydrogen-bond acceptors (Lipinski definition) is 5. The fourth-order valence-electron chi connectivity index (χ4n) is 3.42. The van der Waals surface area contributed by atoms with E-state index in [2.05, 4.69) is 20.2 Å². The van der Waals surface area contributed by atoms with Crippen LogP contribution in [-0.4, -0.2) is 40.4 Å². The molecule has 0 unspecified atom stereocenters. The summed E-state index contributed by atoms with van der Waals surface area (Å²) < 4.78 is 41.7. The van der Waals surface area contributed by atoms with Crippen LogP contribution >= 0.6 is 0 Å². The SMILES string of the molecule is NC(=O)c1cccc2c(N[C@H](CN3CCC3)c3cc(F)c(F)cc3F)ncnc12. The molecule has 1 saturated heterocycles. The number of rotatable bonds is 6. The average molecular weight is 401 g/mol. The standard InChI is InChI=1S/C20H18F3N5O/c21-14-8-16(23)15(22)7-13(14)17(9-28-5-2-6-28)27-20-12-4-1-3-11(19(24)29)18(12)25-10-26-20/h1,3-4,7-8,10,17H,2,5-6,9H2,(H2,24,29)(H,25,26,27)/t17-/m1/s1. The number of para-hydroxylation sites is 1. The molecule has 0 saturated carbocycles. The molecule has 1 aliphatic rings. The van der Waals surface area contributed by atoms with Gasteiger partial charge in [0.15, 0.2) is 11.6 Å². The number of carbonyl (C=O) groups is 1. The van der Waals surface area contributed by atoms with Gasteiger partial charge in [0.2, 0.25) is 0 Å². The molecule has 1 amide bonds. The lowest BCUT2D eigenvalue weighted by Gasteiger charge is -2.35. The van der Waals surface area contributed by atoms with E-state index in [4.69, 9.17) is 5.73 Å². The first-order chi connectivity index (χ1) is 13.9. The summed E-state index contributed by atoms with van der Waals surface area (Å²) in [6, 6.07) is 5.60. The predicted octanol–water partition coefficient (Wildman–Crippen LogP) is 3.00. The molecule has 2 heterocycles. The van der Waals surface area contributed by atoms with Gasteiger partial charge in [-0.2, -0.15) is 0 Å². The second-order valence-corrected chi connectivity index (χ2v) is 6.93. The maximum atomic E-state index is 14.5. The fourth-order valence-corrected chi connectivity index (χ4v) is 3.42. The highest BCUT2D eigenvalue weighted by atomic mass is 19.2. The summed E-state index contributed by atoms with van der Waals surface area (Å²) in [4.78, 5) is 22.1. The molecule has 6 nitrogen and oxygen atoms in total. The van der Waals surface area contributed by atoms with Crippen LogP contribution in [-0.2, 0) is 0 Å². The van der Waals surface area contributed by atoms with E-state index in [1.54, 1.807) is 18.2 Å². The Morgan fingerprint density at radius 3 is 2.59 bits per heavy atom. The number of halogens is 3. The van der Waals surface area contributed by atoms with Gasteiger partial charge in [-0.1, -0.05) is 6.07 Å². The van der Waals surface area contributed by atoms with Gasteiger partial charge in [0.05, 0.1) is 17.1 Å². The van der Waals surface area contributed by atoms with Crippen LogP contribution in [0.5, 0.6) is 0 Å². The average Bonchev–Trinajstić information content (AvgIpc) is 2.66. The van der Waals surface area contributed by atoms with Crippen molar-refractivity contribution in [1.82, 2.24) is 14.9 Å². The molecule has 2 aromatic carbocycles. The van der Waals surface area contributed by atoms with Crippen molar-refractivity contribution in [3.8, 4) is 0 Å². The van der Waals surface area contributed by atoms with Crippen molar-refractivity contribution in [2.45, 2.75) is 12.5 Å². The molecule has 1 aliphatic heterocycles. The Kier molecular flexibility index (Phi) is 5.06. The van der Waals surface area contributed by atoms with Crippen LogP contribution < -0.4 is 11.1 Å². The molecule has 29 heavy (non-hydrogen) atoms. The van der Waals surface area contributed by atoms with Crippen LogP contribution in [0.2, 0.25) is 0 Å². The Balaban J connectivity index is 1.76. The summed E-state index contributed by atoms with van der Waals surface area (Å²) in [6.07, 6.45) is 2.28. The van der Waals surface area contributed by atoms with Crippen LogP contribution in [0.1, 0.15) is 28.4 Å². The number of nitrogens with one attached hydrogen (secondary N) is 1. The third-order valence-corrected chi connectivity index (χ3v) is 5.05. The first-order valence-corrected chi connectivity index (χ1v) is 9.11. The molecule has 0 spiro atoms. The molecule has 0 aliphatic carbocycles. The molecule has 1 atom stereocenters. The quantitative estimate of drug-likeness (QED) is 0.621. The molecule has 0 bridgehead atoms. The fraction of sp³-hybridized carbons (Fsp3) is 0.250. The number of benzene rings is 2. The zero-order valence-electron chi connectivity index (χ0n) is 15.3. The summed E-state index contributed by atoms with van der Waals surface area (Å²) >= 11 is 0. The Morgan fingerprint density at radius 1 is 1.14 bits per heavy atom. The summed E-state index contributed by atoms with van der Waals surface area (Å²) in [5, 5.41) is 3.63. The van der Waals surface area contributed by atoms with Gasteiger partial charge in [-0.3, -0.25) is 4.79 Å². The predicted molar refractivity (Wildman–Crippen MR) is 102 cm³/mol. The van der Waals surface area contributed by atoms with Gasteiger partial charge in [0, 0.05) is 23.6 Å². The third kappa shape index (κ3) is 3.73. The minimum atomic E-state index is -1.24. The summed E-state index contributed by atoms with van der Waals surface area (Å²) in [6.45, 7) is 2.04. The van der Waals surface area contributed by atoms with Crippen LogP contribution in [0.4, 0.5) is 19.0 Å². The number of nitrogens with zero attached hydrogens (tertiary/aromatic N) is 3. The number of aromatic nitrogens is 2. The molecule has 0 radical (unpaired) electrons. The maximum Gasteiger partial charge on any atom is 0.250 e. The van der Waals surface area contributed by atoms with Gasteiger partial charge in [0.25, 0.3) is 5.91 Å². The lowest BCUT2D eigenvalue weighted by Crippen LogP contribution is -2.41. The van der Waals surface area contributed by atoms with Crippen LogP contribution in [0, 0.1) is 17.5 Å². The van der Waals surface area contributed by atoms with E-state index >= 15 is 0 Å². The number of fused-ring (bicyclic) bond motifs is 1. The molecule has 3 aromatic rings. The number of amides is 1. The Morgan fingerprint density at radius 2 is 1.90 bits per heavy atom. The van der Waals surface area contributed by atoms with E-state index in [-0.39, 0.29) is 11.1 Å². The van der Waals surface area contributed by atoms with E-state index in [9.17, 15) is 18.0 Å². The van der Waals surface area contributed by atoms with E-state index < -0.39 is 29.4 Å². The molecular formula is C20H18F3N5O. The summed E-state index contributed by atoms with van der Waals surface area (Å²) in [5.74, 6) is -3.51. The van der Waals surface area contributed by atoms with Crippen molar-refractivity contribution in [1.29, 1.82) is 0 Å². The van der Waals surface area contributed by atoms with Crippen LogP contribution in [0.15, 0.2) is 36.7 Å². The summed E-state index contributed by atoms with van der Waals surface area (Å²) in [7, 11) is 0. The zero-order chi connectivity index (χ0) is 20.5. The van der Waals surface area contributed by atoms with Gasteiger partial charge in [-0.05, 0) is 37.7 Å². The second-order valence-electron chi connectivity index (χ2n) is 6.93. The first kappa shape index (κ1) is 19.1. The van der Waals surface area contributed by atoms with Crippen molar-refractivity contribution >= 4 is 22.6 Å². The molecule has 150 valence electrons. The molecule has 9 heteroatoms. The molecule has 1 aromatic heterocycles. The van der Waals surface area contributed by atoms with Gasteiger partial charge < -0.3 is 16.0 Å². The van der Waals surface area contributed by atoms with Crippen LogP contribution in [0.3, 0.4) is 0 Å². The molecule has 1 fully saturated rings. The highest BCUT2D eigenvalue weighted by molar-refractivity contribution is 6.06. The van der Waals surface area contributed by atoms with E-state index in [1.807, 2.05) is 0 Å². The minimum Gasteiger partial charge on any atom is -0.366 e. The molecule has 4 rings (SSSR count). The zero-order valence-corrected chi connectivity index (χ0v) is 15.3. The molecular weight excluding hydrogens is 383 g/mol. The van der Waals surface area contributed by atoms with Gasteiger partial charge in [0.1, 0.15) is 18.0 Å². The van der Waals surface area contributed by atoms with Gasteiger partial charge in [-0.25, -0.2) is 23.1 Å². The first-order valence-electron chi connectivity index (χ1n) is 9.11. The largest absolute Gasteiger partial charge is 0.366 e. The second kappa shape index (κ2) is 7.67. The monoisotopic (exact) mass is 401 g/mol. The topological polar surface area (TPSA) is 84.1 Å². The smallest absolute Gasteiger partial charge is 0.250 e. The van der Waals surface area contributed by atoms with Crippen LogP contribution in [0.25, 0.3) is 10.9 Å². The van der Waals surface area contributed by atoms with Crippen molar-refractivity contribution in [2.24, 2.45) is 5.73 Å². The minimum absolute atomic E-state index is 0.00591. The van der Waals surface area contributed by atoms with E-state index in [0.717, 1.165) is 25.6 Å². The Labute approximate surface area is 164 Å². The Hall–Kier alpha value is -3.20. The number of likely N-dealkylation sites (tertiary alicyclic amines) is 1. The maximum absolute atomic E-state index is 14.5. The Bertz CT molecular complexity index is 1090. The normalized spacial score (nSPS) is 15.1. The van der Waals surface area contributed by atoms with Crippen molar-refractivity contribution in [2.75, 3.05) is 25.0 Å². The van der Waals surface area contributed by atoms with Crippen molar-refractivity contribution in [3.05, 3.63) is 65.2 Å².